The largest absolute Gasteiger partial charge is 0.489 e. The summed E-state index contributed by atoms with van der Waals surface area (Å²) in [7, 11) is -1.78. The first-order valence-electron chi connectivity index (χ1n) is 3.29. The van der Waals surface area contributed by atoms with Crippen LogP contribution in [0.25, 0.3) is 0 Å². The second-order valence-corrected chi connectivity index (χ2v) is 3.83. The highest BCUT2D eigenvalue weighted by Gasteiger charge is 2.01. The van der Waals surface area contributed by atoms with Crippen LogP contribution in [0.4, 0.5) is 0 Å². The molecule has 0 fully saturated rings. The number of halogens is 1. The van der Waals surface area contributed by atoms with Gasteiger partial charge < -0.3 is 4.74 Å². The topological polar surface area (TPSA) is 26.3 Å². The standard InChI is InChI=1S/C8H7ClO2P/c9-12(10)7-6-11-8-4-2-1-3-5-8/h1-7H/q+1/b7-6+. The predicted molar refractivity (Wildman–Crippen MR) is 49.7 cm³/mol. The van der Waals surface area contributed by atoms with Gasteiger partial charge in [-0.15, -0.1) is 0 Å². The molecule has 0 bridgehead atoms. The molecule has 0 saturated heterocycles. The summed E-state index contributed by atoms with van der Waals surface area (Å²) in [6.07, 6.45) is 1.32. The van der Waals surface area contributed by atoms with Gasteiger partial charge in [-0.1, -0.05) is 18.2 Å². The normalized spacial score (nSPS) is 11.6. The molecule has 2 nitrogen and oxygen atoms in total. The monoisotopic (exact) mass is 201 g/mol. The Morgan fingerprint density at radius 2 is 2.00 bits per heavy atom. The zero-order valence-electron chi connectivity index (χ0n) is 6.18. The quantitative estimate of drug-likeness (QED) is 0.553. The molecule has 0 heterocycles. The molecule has 0 amide bonds. The van der Waals surface area contributed by atoms with E-state index in [4.69, 9.17) is 16.0 Å². The zero-order chi connectivity index (χ0) is 8.81. The lowest BCUT2D eigenvalue weighted by molar-refractivity contribution is 0.482. The van der Waals surface area contributed by atoms with Crippen molar-refractivity contribution in [2.45, 2.75) is 0 Å². The highest BCUT2D eigenvalue weighted by atomic mass is 35.7. The van der Waals surface area contributed by atoms with Gasteiger partial charge in [0.15, 0.2) is 0 Å². The van der Waals surface area contributed by atoms with E-state index >= 15 is 0 Å². The van der Waals surface area contributed by atoms with Crippen LogP contribution >= 0.6 is 18.4 Å². The van der Waals surface area contributed by atoms with E-state index in [1.54, 1.807) is 12.1 Å². The number of para-hydroxylation sites is 1. The molecular formula is C8H7ClO2P+. The first-order valence-corrected chi connectivity index (χ1v) is 5.53. The minimum Gasteiger partial charge on any atom is -0.461 e. The lowest BCUT2D eigenvalue weighted by atomic mass is 10.3. The lowest BCUT2D eigenvalue weighted by Crippen LogP contribution is -1.78. The highest BCUT2D eigenvalue weighted by molar-refractivity contribution is 7.76. The molecule has 1 aromatic carbocycles. The molecule has 1 unspecified atom stereocenters. The molecule has 62 valence electrons. The predicted octanol–water partition coefficient (Wildman–Crippen LogP) is 3.52. The molecule has 4 heteroatoms. The zero-order valence-corrected chi connectivity index (χ0v) is 7.83. The average Bonchev–Trinajstić information content (AvgIpc) is 2.05. The minimum atomic E-state index is -1.78. The van der Waals surface area contributed by atoms with Crippen LogP contribution in [-0.2, 0) is 4.57 Å². The first-order chi connectivity index (χ1) is 5.79. The van der Waals surface area contributed by atoms with Crippen LogP contribution in [0, 0.1) is 0 Å². The summed E-state index contributed by atoms with van der Waals surface area (Å²) in [5, 5.41) is 0. The summed E-state index contributed by atoms with van der Waals surface area (Å²) in [5.41, 5.74) is 0. The van der Waals surface area contributed by atoms with Crippen LogP contribution in [-0.4, -0.2) is 0 Å². The molecule has 12 heavy (non-hydrogen) atoms. The summed E-state index contributed by atoms with van der Waals surface area (Å²) in [5.74, 6) is 1.99. The summed E-state index contributed by atoms with van der Waals surface area (Å²) in [6.45, 7) is 0. The first kappa shape index (κ1) is 9.24. The van der Waals surface area contributed by atoms with Gasteiger partial charge in [0.25, 0.3) is 0 Å². The van der Waals surface area contributed by atoms with Crippen molar-refractivity contribution in [2.24, 2.45) is 0 Å². The van der Waals surface area contributed by atoms with Gasteiger partial charge in [-0.25, -0.2) is 0 Å². The molecule has 0 spiro atoms. The van der Waals surface area contributed by atoms with Crippen LogP contribution in [0.5, 0.6) is 5.75 Å². The van der Waals surface area contributed by atoms with Gasteiger partial charge in [0.1, 0.15) is 12.0 Å². The van der Waals surface area contributed by atoms with Gasteiger partial charge in [0.2, 0.25) is 17.1 Å². The van der Waals surface area contributed by atoms with Gasteiger partial charge in [0.05, 0.1) is 0 Å². The SMILES string of the molecule is O=[P+](Cl)/C=C/Oc1ccccc1. The fraction of sp³-hybridized carbons (Fsp3) is 0. The Morgan fingerprint density at radius 3 is 2.58 bits per heavy atom. The Bertz CT molecular complexity index is 284. The van der Waals surface area contributed by atoms with Crippen LogP contribution in [0.15, 0.2) is 42.4 Å². The Kier molecular flexibility index (Phi) is 3.78. The second-order valence-electron chi connectivity index (χ2n) is 1.99. The van der Waals surface area contributed by atoms with Gasteiger partial charge in [-0.3, -0.25) is 0 Å². The van der Waals surface area contributed by atoms with Crippen molar-refractivity contribution in [1.82, 2.24) is 0 Å². The van der Waals surface area contributed by atoms with E-state index in [2.05, 4.69) is 0 Å². The maximum absolute atomic E-state index is 10.4. The van der Waals surface area contributed by atoms with Crippen molar-refractivity contribution >= 4 is 18.4 Å². The molecule has 0 aromatic heterocycles. The number of ether oxygens (including phenoxy) is 1. The third kappa shape index (κ3) is 3.51. The van der Waals surface area contributed by atoms with Crippen LogP contribution in [0.2, 0.25) is 0 Å². The summed E-state index contributed by atoms with van der Waals surface area (Å²) < 4.78 is 15.4. The van der Waals surface area contributed by atoms with Gasteiger partial charge in [-0.2, -0.15) is 0 Å². The maximum atomic E-state index is 10.4. The van der Waals surface area contributed by atoms with E-state index in [9.17, 15) is 4.57 Å². The summed E-state index contributed by atoms with van der Waals surface area (Å²) in [6, 6.07) is 9.18. The fourth-order valence-electron chi connectivity index (χ4n) is 0.656. The van der Waals surface area contributed by atoms with Crippen molar-refractivity contribution in [3.63, 3.8) is 0 Å². The molecule has 0 saturated carbocycles. The van der Waals surface area contributed by atoms with Crippen molar-refractivity contribution in [1.29, 1.82) is 0 Å². The molecule has 0 aliphatic carbocycles. The van der Waals surface area contributed by atoms with Gasteiger partial charge >= 0.3 is 7.15 Å². The fourth-order valence-corrected chi connectivity index (χ4v) is 0.950. The molecule has 1 rings (SSSR count). The van der Waals surface area contributed by atoms with Gasteiger partial charge in [-0.05, 0) is 16.7 Å². The van der Waals surface area contributed by atoms with Crippen LogP contribution < -0.4 is 4.74 Å². The smallest absolute Gasteiger partial charge is 0.461 e. The van der Waals surface area contributed by atoms with Crippen molar-refractivity contribution in [3.8, 4) is 5.75 Å². The Labute approximate surface area is 76.4 Å². The van der Waals surface area contributed by atoms with E-state index < -0.39 is 7.15 Å². The maximum Gasteiger partial charge on any atom is 0.489 e. The van der Waals surface area contributed by atoms with Crippen LogP contribution in [0.3, 0.4) is 0 Å². The van der Waals surface area contributed by atoms with E-state index in [-0.39, 0.29) is 0 Å². The van der Waals surface area contributed by atoms with Gasteiger partial charge in [0, 0.05) is 0 Å². The number of rotatable bonds is 3. The molecule has 0 aliphatic heterocycles. The number of benzene rings is 1. The summed E-state index contributed by atoms with van der Waals surface area (Å²) in [4.78, 5) is 0. The minimum absolute atomic E-state index is 0.697. The lowest BCUT2D eigenvalue weighted by Gasteiger charge is -1.94. The van der Waals surface area contributed by atoms with Crippen LogP contribution in [0.1, 0.15) is 0 Å². The van der Waals surface area contributed by atoms with Crippen molar-refractivity contribution in [2.75, 3.05) is 0 Å². The number of hydrogen-bond acceptors (Lipinski definition) is 2. The molecular weight excluding hydrogens is 195 g/mol. The Balaban J connectivity index is 2.49. The Hall–Kier alpha value is -0.850. The molecule has 0 N–H and O–H groups in total. The van der Waals surface area contributed by atoms with E-state index in [0.29, 0.717) is 5.75 Å². The molecule has 1 aromatic rings. The third-order valence-electron chi connectivity index (χ3n) is 1.13. The van der Waals surface area contributed by atoms with E-state index in [0.717, 1.165) is 0 Å². The van der Waals surface area contributed by atoms with E-state index in [1.165, 1.54) is 12.1 Å². The molecule has 1 atom stereocenters. The van der Waals surface area contributed by atoms with Crippen molar-refractivity contribution < 1.29 is 9.30 Å². The second kappa shape index (κ2) is 4.91. The molecule has 0 aliphatic rings. The highest BCUT2D eigenvalue weighted by Crippen LogP contribution is 2.27. The third-order valence-corrected chi connectivity index (χ3v) is 1.82. The van der Waals surface area contributed by atoms with Crippen molar-refractivity contribution in [3.05, 3.63) is 42.4 Å². The van der Waals surface area contributed by atoms with E-state index in [1.807, 2.05) is 18.2 Å². The Morgan fingerprint density at radius 1 is 1.33 bits per heavy atom. The summed E-state index contributed by atoms with van der Waals surface area (Å²) >= 11 is 5.19. The number of hydrogen-bond donors (Lipinski definition) is 0. The average molecular weight is 202 g/mol. The molecule has 0 radical (unpaired) electrons.